The minimum Gasteiger partial charge on any atom is -0.373 e. The molecule has 0 aromatic heterocycles. The number of hydrogen-bond acceptors (Lipinski definition) is 4. The second-order valence-electron chi connectivity index (χ2n) is 7.08. The maximum Gasteiger partial charge on any atom is 0.233 e. The molecule has 25 heavy (non-hydrogen) atoms. The van der Waals surface area contributed by atoms with E-state index >= 15 is 0 Å². The highest BCUT2D eigenvalue weighted by Gasteiger charge is 2.32. The van der Waals surface area contributed by atoms with Gasteiger partial charge >= 0.3 is 0 Å². The van der Waals surface area contributed by atoms with Crippen molar-refractivity contribution in [2.75, 3.05) is 31.9 Å². The maximum absolute atomic E-state index is 12.7. The molecule has 2 fully saturated rings. The Bertz CT molecular complexity index is 591. The molecule has 1 amide bonds. The molecule has 2 saturated heterocycles. The molecule has 0 N–H and O–H groups in total. The van der Waals surface area contributed by atoms with Crippen LogP contribution in [0, 0.1) is 0 Å². The molecule has 1 aromatic rings. The second-order valence-corrected chi connectivity index (χ2v) is 8.50. The Morgan fingerprint density at radius 1 is 1.28 bits per heavy atom. The monoisotopic (exact) mass is 382 g/mol. The van der Waals surface area contributed by atoms with Crippen molar-refractivity contribution in [1.82, 2.24) is 9.80 Å². The van der Waals surface area contributed by atoms with E-state index in [1.54, 1.807) is 0 Å². The van der Waals surface area contributed by atoms with Gasteiger partial charge in [0.15, 0.2) is 0 Å². The molecular formula is C19H27ClN2O2S. The highest BCUT2D eigenvalue weighted by Crippen LogP contribution is 2.28. The summed E-state index contributed by atoms with van der Waals surface area (Å²) in [5, 5.41) is 0.717. The van der Waals surface area contributed by atoms with Crippen molar-refractivity contribution in [2.45, 2.75) is 49.8 Å². The zero-order valence-electron chi connectivity index (χ0n) is 15.0. The third kappa shape index (κ3) is 5.13. The predicted molar refractivity (Wildman–Crippen MR) is 103 cm³/mol. The molecule has 4 nitrogen and oxygen atoms in total. The molecule has 0 spiro atoms. The Hall–Kier alpha value is -0.750. The third-order valence-corrected chi connectivity index (χ3v) is 6.35. The van der Waals surface area contributed by atoms with Crippen LogP contribution in [0.3, 0.4) is 0 Å². The molecule has 0 aliphatic carbocycles. The van der Waals surface area contributed by atoms with Crippen LogP contribution in [-0.4, -0.2) is 65.9 Å². The van der Waals surface area contributed by atoms with Gasteiger partial charge in [-0.05, 0) is 38.8 Å². The molecule has 3 atom stereocenters. The first kappa shape index (κ1) is 19.0. The first-order valence-electron chi connectivity index (χ1n) is 9.07. The minimum absolute atomic E-state index is 0.224. The fourth-order valence-electron chi connectivity index (χ4n) is 3.87. The highest BCUT2D eigenvalue weighted by molar-refractivity contribution is 8.00. The van der Waals surface area contributed by atoms with E-state index < -0.39 is 0 Å². The highest BCUT2D eigenvalue weighted by atomic mass is 35.5. The minimum atomic E-state index is 0.224. The fourth-order valence-corrected chi connectivity index (χ4v) is 4.99. The molecule has 138 valence electrons. The van der Waals surface area contributed by atoms with Crippen LogP contribution >= 0.6 is 23.4 Å². The number of carbonyl (C=O) groups is 1. The summed E-state index contributed by atoms with van der Waals surface area (Å²) in [6.45, 7) is 8.00. The van der Waals surface area contributed by atoms with Crippen LogP contribution in [0.5, 0.6) is 0 Å². The second kappa shape index (κ2) is 8.76. The van der Waals surface area contributed by atoms with Crippen molar-refractivity contribution in [3.05, 3.63) is 29.3 Å². The number of thioether (sulfide) groups is 1. The molecule has 1 aromatic carbocycles. The molecule has 2 aliphatic rings. The quantitative estimate of drug-likeness (QED) is 0.729. The Kier molecular flexibility index (Phi) is 6.67. The summed E-state index contributed by atoms with van der Waals surface area (Å²) in [7, 11) is 0. The predicted octanol–water partition coefficient (Wildman–Crippen LogP) is 3.53. The summed E-state index contributed by atoms with van der Waals surface area (Å²) in [6, 6.07) is 8.04. The number of carbonyl (C=O) groups excluding carboxylic acids is 1. The van der Waals surface area contributed by atoms with Gasteiger partial charge in [0, 0.05) is 37.1 Å². The van der Waals surface area contributed by atoms with E-state index in [0.717, 1.165) is 48.9 Å². The SMILES string of the molecule is CC1CN(CC2CCCN2C(=O)CSc2ccccc2Cl)CC(C)O1. The summed E-state index contributed by atoms with van der Waals surface area (Å²) in [4.78, 5) is 18.2. The van der Waals surface area contributed by atoms with Gasteiger partial charge in [-0.15, -0.1) is 11.8 Å². The van der Waals surface area contributed by atoms with Crippen LogP contribution in [-0.2, 0) is 9.53 Å². The van der Waals surface area contributed by atoms with Gasteiger partial charge < -0.3 is 9.64 Å². The summed E-state index contributed by atoms with van der Waals surface area (Å²) in [5.74, 6) is 0.678. The Balaban J connectivity index is 1.54. The van der Waals surface area contributed by atoms with Crippen molar-refractivity contribution >= 4 is 29.3 Å². The topological polar surface area (TPSA) is 32.8 Å². The van der Waals surface area contributed by atoms with Crippen LogP contribution in [0.1, 0.15) is 26.7 Å². The van der Waals surface area contributed by atoms with Gasteiger partial charge in [0.05, 0.1) is 23.0 Å². The van der Waals surface area contributed by atoms with Gasteiger partial charge in [-0.3, -0.25) is 9.69 Å². The van der Waals surface area contributed by atoms with Crippen molar-refractivity contribution < 1.29 is 9.53 Å². The van der Waals surface area contributed by atoms with Crippen molar-refractivity contribution in [3.8, 4) is 0 Å². The molecule has 6 heteroatoms. The van der Waals surface area contributed by atoms with E-state index in [1.165, 1.54) is 11.8 Å². The number of ether oxygens (including phenoxy) is 1. The van der Waals surface area contributed by atoms with Crippen LogP contribution in [0.15, 0.2) is 29.2 Å². The number of nitrogens with zero attached hydrogens (tertiary/aromatic N) is 2. The number of halogens is 1. The van der Waals surface area contributed by atoms with Crippen molar-refractivity contribution in [1.29, 1.82) is 0 Å². The van der Waals surface area contributed by atoms with Gasteiger partial charge in [0.25, 0.3) is 0 Å². The van der Waals surface area contributed by atoms with Crippen molar-refractivity contribution in [2.24, 2.45) is 0 Å². The van der Waals surface area contributed by atoms with E-state index in [4.69, 9.17) is 16.3 Å². The van der Waals surface area contributed by atoms with E-state index in [0.29, 0.717) is 11.8 Å². The normalized spacial score (nSPS) is 27.6. The number of amides is 1. The first-order chi connectivity index (χ1) is 12.0. The fraction of sp³-hybridized carbons (Fsp3) is 0.632. The van der Waals surface area contributed by atoms with E-state index in [2.05, 4.69) is 23.6 Å². The van der Waals surface area contributed by atoms with Gasteiger partial charge in [-0.2, -0.15) is 0 Å². The van der Waals surface area contributed by atoms with Crippen molar-refractivity contribution in [3.63, 3.8) is 0 Å². The van der Waals surface area contributed by atoms with E-state index in [1.807, 2.05) is 24.3 Å². The molecule has 0 radical (unpaired) electrons. The number of rotatable bonds is 5. The van der Waals surface area contributed by atoms with Crippen LogP contribution in [0.4, 0.5) is 0 Å². The van der Waals surface area contributed by atoms with Crippen LogP contribution in [0.25, 0.3) is 0 Å². The van der Waals surface area contributed by atoms with Crippen LogP contribution in [0.2, 0.25) is 5.02 Å². The number of benzene rings is 1. The summed E-state index contributed by atoms with van der Waals surface area (Å²) < 4.78 is 5.82. The Morgan fingerprint density at radius 2 is 2.00 bits per heavy atom. The number of likely N-dealkylation sites (tertiary alicyclic amines) is 1. The van der Waals surface area contributed by atoms with Gasteiger partial charge in [0.2, 0.25) is 5.91 Å². The lowest BCUT2D eigenvalue weighted by molar-refractivity contribution is -0.130. The number of hydrogen-bond donors (Lipinski definition) is 0. The van der Waals surface area contributed by atoms with E-state index in [-0.39, 0.29) is 18.1 Å². The lowest BCUT2D eigenvalue weighted by Gasteiger charge is -2.38. The third-order valence-electron chi connectivity index (χ3n) is 4.85. The first-order valence-corrected chi connectivity index (χ1v) is 10.4. The summed E-state index contributed by atoms with van der Waals surface area (Å²) >= 11 is 7.72. The largest absolute Gasteiger partial charge is 0.373 e. The molecule has 0 bridgehead atoms. The Morgan fingerprint density at radius 3 is 2.72 bits per heavy atom. The molecule has 3 unspecified atom stereocenters. The molecular weight excluding hydrogens is 356 g/mol. The zero-order chi connectivity index (χ0) is 17.8. The zero-order valence-corrected chi connectivity index (χ0v) is 16.6. The van der Waals surface area contributed by atoms with E-state index in [9.17, 15) is 4.79 Å². The average molecular weight is 383 g/mol. The smallest absolute Gasteiger partial charge is 0.233 e. The van der Waals surface area contributed by atoms with Crippen LogP contribution < -0.4 is 0 Å². The molecule has 2 aliphatic heterocycles. The molecule has 0 saturated carbocycles. The maximum atomic E-state index is 12.7. The van der Waals surface area contributed by atoms with Gasteiger partial charge in [0.1, 0.15) is 0 Å². The van der Waals surface area contributed by atoms with Gasteiger partial charge in [-0.1, -0.05) is 23.7 Å². The standard InChI is InChI=1S/C19H27ClN2O2S/c1-14-10-21(11-15(2)24-14)12-16-6-5-9-22(16)19(23)13-25-18-8-4-3-7-17(18)20/h3-4,7-8,14-16H,5-6,9-13H2,1-2H3. The summed E-state index contributed by atoms with van der Waals surface area (Å²) in [5.41, 5.74) is 0. The molecule has 3 rings (SSSR count). The number of morpholine rings is 1. The Labute approximate surface area is 159 Å². The molecule has 2 heterocycles. The van der Waals surface area contributed by atoms with Gasteiger partial charge in [-0.25, -0.2) is 0 Å². The summed E-state index contributed by atoms with van der Waals surface area (Å²) in [6.07, 6.45) is 2.74. The lowest BCUT2D eigenvalue weighted by atomic mass is 10.1. The lowest BCUT2D eigenvalue weighted by Crippen LogP contribution is -2.51. The average Bonchev–Trinajstić information content (AvgIpc) is 3.01.